The predicted octanol–water partition coefficient (Wildman–Crippen LogP) is 3.95. The summed E-state index contributed by atoms with van der Waals surface area (Å²) in [5, 5.41) is 3.12. The maximum Gasteiger partial charge on any atom is 0.338 e. The van der Waals surface area contributed by atoms with E-state index in [0.717, 1.165) is 11.3 Å². The Bertz CT molecular complexity index is 1140. The van der Waals surface area contributed by atoms with Gasteiger partial charge in [0.1, 0.15) is 0 Å². The van der Waals surface area contributed by atoms with E-state index in [9.17, 15) is 14.4 Å². The van der Waals surface area contributed by atoms with E-state index >= 15 is 0 Å². The smallest absolute Gasteiger partial charge is 0.338 e. The summed E-state index contributed by atoms with van der Waals surface area (Å²) in [6, 6.07) is 6.82. The van der Waals surface area contributed by atoms with Gasteiger partial charge in [0, 0.05) is 43.8 Å². The zero-order chi connectivity index (χ0) is 25.3. The highest BCUT2D eigenvalue weighted by Gasteiger charge is 2.42. The highest BCUT2D eigenvalue weighted by Crippen LogP contribution is 2.46. The van der Waals surface area contributed by atoms with Crippen LogP contribution in [0.4, 0.5) is 0 Å². The second-order valence-corrected chi connectivity index (χ2v) is 10.2. The molecule has 3 aliphatic heterocycles. The maximum absolute atomic E-state index is 13.2. The first-order valence-corrected chi connectivity index (χ1v) is 12.9. The van der Waals surface area contributed by atoms with Crippen LogP contribution in [0, 0.1) is 0 Å². The largest absolute Gasteiger partial charge is 0.459 e. The van der Waals surface area contributed by atoms with E-state index < -0.39 is 12.0 Å². The number of carbonyl (C=O) groups is 3. The van der Waals surface area contributed by atoms with Crippen LogP contribution in [-0.2, 0) is 19.1 Å². The molecule has 3 heterocycles. The van der Waals surface area contributed by atoms with Crippen molar-refractivity contribution in [1.29, 1.82) is 0 Å². The predicted molar refractivity (Wildman–Crippen MR) is 137 cm³/mol. The van der Waals surface area contributed by atoms with E-state index in [1.165, 1.54) is 11.8 Å². The summed E-state index contributed by atoms with van der Waals surface area (Å²) in [6.07, 6.45) is -0.142. The molecule has 1 saturated heterocycles. The summed E-state index contributed by atoms with van der Waals surface area (Å²) in [5.41, 5.74) is 2.47. The molecule has 0 saturated carbocycles. The van der Waals surface area contributed by atoms with Crippen LogP contribution in [-0.4, -0.2) is 69.9 Å². The van der Waals surface area contributed by atoms with Crippen LogP contribution in [0.5, 0.6) is 0 Å². The number of esters is 1. The average molecular weight is 517 g/mol. The van der Waals surface area contributed by atoms with Gasteiger partial charge in [-0.25, -0.2) is 9.79 Å². The van der Waals surface area contributed by atoms with E-state index in [-0.39, 0.29) is 24.3 Å². The first kappa shape index (κ1) is 25.3. The molecule has 1 atom stereocenters. The number of benzene rings is 1. The lowest BCUT2D eigenvalue weighted by atomic mass is 9.93. The Hall–Kier alpha value is -2.78. The Morgan fingerprint density at radius 3 is 2.43 bits per heavy atom. The number of allylic oxidation sites excluding steroid dienone is 1. The van der Waals surface area contributed by atoms with Crippen LogP contribution >= 0.6 is 23.4 Å². The maximum atomic E-state index is 13.2. The normalized spacial score (nSPS) is 20.1. The molecule has 1 fully saturated rings. The fourth-order valence-corrected chi connectivity index (χ4v) is 5.64. The summed E-state index contributed by atoms with van der Waals surface area (Å²) >= 11 is 8.03. The molecule has 8 nitrogen and oxygen atoms in total. The zero-order valence-electron chi connectivity index (χ0n) is 20.3. The number of ether oxygens (including phenoxy) is 1. The highest BCUT2D eigenvalue weighted by molar-refractivity contribution is 8.16. The topological polar surface area (TPSA) is 82.5 Å². The Labute approximate surface area is 214 Å². The lowest BCUT2D eigenvalue weighted by Crippen LogP contribution is -2.50. The Morgan fingerprint density at radius 2 is 1.80 bits per heavy atom. The molecule has 35 heavy (non-hydrogen) atoms. The lowest BCUT2D eigenvalue weighted by Gasteiger charge is -2.38. The molecule has 186 valence electrons. The zero-order valence-corrected chi connectivity index (χ0v) is 21.9. The molecule has 0 N–H and O–H groups in total. The van der Waals surface area contributed by atoms with Gasteiger partial charge in [-0.3, -0.25) is 9.59 Å². The molecule has 0 spiro atoms. The second-order valence-electron chi connectivity index (χ2n) is 8.93. The van der Waals surface area contributed by atoms with Gasteiger partial charge in [-0.2, -0.15) is 0 Å². The van der Waals surface area contributed by atoms with Gasteiger partial charge in [-0.1, -0.05) is 41.6 Å². The third-order valence-electron chi connectivity index (χ3n) is 6.17. The molecule has 0 bridgehead atoms. The van der Waals surface area contributed by atoms with E-state index in [4.69, 9.17) is 16.3 Å². The van der Waals surface area contributed by atoms with Crippen molar-refractivity contribution in [2.24, 2.45) is 4.99 Å². The van der Waals surface area contributed by atoms with Crippen LogP contribution in [0.15, 0.2) is 51.6 Å². The Morgan fingerprint density at radius 1 is 1.14 bits per heavy atom. The number of piperazine rings is 1. The van der Waals surface area contributed by atoms with Crippen molar-refractivity contribution in [2.75, 3.05) is 26.2 Å². The fourth-order valence-electron chi connectivity index (χ4n) is 4.44. The summed E-state index contributed by atoms with van der Waals surface area (Å²) < 4.78 is 5.57. The number of amides is 2. The molecule has 0 aromatic heterocycles. The van der Waals surface area contributed by atoms with Gasteiger partial charge in [0.15, 0.2) is 5.17 Å². The van der Waals surface area contributed by atoms with Crippen molar-refractivity contribution in [3.05, 3.63) is 57.2 Å². The van der Waals surface area contributed by atoms with Crippen LogP contribution < -0.4 is 0 Å². The minimum absolute atomic E-state index is 0.0201. The van der Waals surface area contributed by atoms with E-state index in [1.807, 2.05) is 28.5 Å². The number of rotatable bonds is 5. The molecular formula is C25H29ClN4O4S. The van der Waals surface area contributed by atoms with Gasteiger partial charge in [-0.05, 0) is 37.8 Å². The molecule has 0 unspecified atom stereocenters. The van der Waals surface area contributed by atoms with Gasteiger partial charge in [-0.15, -0.1) is 0 Å². The van der Waals surface area contributed by atoms with Crippen LogP contribution in [0.3, 0.4) is 0 Å². The second kappa shape index (κ2) is 10.5. The first-order valence-electron chi connectivity index (χ1n) is 11.6. The molecular weight excluding hydrogens is 488 g/mol. The summed E-state index contributed by atoms with van der Waals surface area (Å²) in [7, 11) is 0. The fraction of sp³-hybridized carbons (Fsp3) is 0.440. The Balaban J connectivity index is 1.63. The number of carbonyl (C=O) groups excluding carboxylic acids is 3. The Kier molecular flexibility index (Phi) is 7.56. The average Bonchev–Trinajstić information content (AvgIpc) is 3.20. The van der Waals surface area contributed by atoms with Crippen molar-refractivity contribution in [3.63, 3.8) is 0 Å². The van der Waals surface area contributed by atoms with E-state index in [1.54, 1.807) is 43.6 Å². The number of amidine groups is 1. The molecule has 10 heteroatoms. The lowest BCUT2D eigenvalue weighted by molar-refractivity contribution is -0.143. The molecule has 3 aliphatic rings. The summed E-state index contributed by atoms with van der Waals surface area (Å²) in [6.45, 7) is 9.00. The van der Waals surface area contributed by atoms with Crippen molar-refractivity contribution in [2.45, 2.75) is 46.3 Å². The van der Waals surface area contributed by atoms with Gasteiger partial charge in [0.05, 0.1) is 29.8 Å². The van der Waals surface area contributed by atoms with Crippen molar-refractivity contribution < 1.29 is 19.1 Å². The molecule has 4 rings (SSSR count). The van der Waals surface area contributed by atoms with Crippen molar-refractivity contribution in [1.82, 2.24) is 14.7 Å². The van der Waals surface area contributed by atoms with Gasteiger partial charge in [0.2, 0.25) is 11.8 Å². The number of halogens is 1. The highest BCUT2D eigenvalue weighted by atomic mass is 35.5. The third kappa shape index (κ3) is 5.26. The van der Waals surface area contributed by atoms with E-state index in [2.05, 4.69) is 4.99 Å². The van der Waals surface area contributed by atoms with E-state index in [0.29, 0.717) is 47.6 Å². The van der Waals surface area contributed by atoms with Crippen molar-refractivity contribution in [3.8, 4) is 0 Å². The van der Waals surface area contributed by atoms with Crippen molar-refractivity contribution >= 4 is 46.3 Å². The molecule has 2 amide bonds. The number of hydrogen-bond donors (Lipinski definition) is 0. The number of thioether (sulfide) groups is 1. The summed E-state index contributed by atoms with van der Waals surface area (Å²) in [4.78, 5) is 48.2. The minimum atomic E-state index is -0.564. The monoisotopic (exact) mass is 516 g/mol. The number of hydrogen-bond acceptors (Lipinski definition) is 7. The van der Waals surface area contributed by atoms with Gasteiger partial charge < -0.3 is 19.4 Å². The first-order chi connectivity index (χ1) is 16.7. The number of nitrogens with zero attached hydrogens (tertiary/aromatic N) is 4. The number of aliphatic imine (C=N–C) groups is 1. The van der Waals surface area contributed by atoms with Gasteiger partial charge in [0.25, 0.3) is 0 Å². The summed E-state index contributed by atoms with van der Waals surface area (Å²) in [5.74, 6) is -0.461. The SMILES string of the molecule is CC(=O)N1CCN(C(=O)CC2=CSC3=NC(C)=C(C(=O)OC(C)C)[C@H](c4ccccc4Cl)N23)CC1. The van der Waals surface area contributed by atoms with Crippen LogP contribution in [0.2, 0.25) is 5.02 Å². The molecule has 0 radical (unpaired) electrons. The third-order valence-corrected chi connectivity index (χ3v) is 7.41. The standard InChI is InChI=1S/C25H29ClN4O4S/c1-15(2)34-24(33)22-16(3)27-25-30(23(22)19-7-5-6-8-20(19)26)18(14-35-25)13-21(32)29-11-9-28(10-12-29)17(4)31/h5-8,14-15,23H,9-13H2,1-4H3/t23-/m0/s1. The quantitative estimate of drug-likeness (QED) is 0.551. The molecule has 0 aliphatic carbocycles. The van der Waals surface area contributed by atoms with Gasteiger partial charge >= 0.3 is 5.97 Å². The molecule has 1 aromatic rings. The number of fused-ring (bicyclic) bond motifs is 1. The molecule has 1 aromatic carbocycles. The van der Waals surface area contributed by atoms with Crippen LogP contribution in [0.25, 0.3) is 0 Å². The minimum Gasteiger partial charge on any atom is -0.459 e. The van der Waals surface area contributed by atoms with Crippen LogP contribution in [0.1, 0.15) is 45.7 Å².